The van der Waals surface area contributed by atoms with Gasteiger partial charge in [-0.1, -0.05) is 12.1 Å². The maximum atomic E-state index is 5.88. The number of hydrogen-bond acceptors (Lipinski definition) is 3. The molecule has 1 heterocycles. The van der Waals surface area contributed by atoms with Crippen molar-refractivity contribution < 1.29 is 4.74 Å². The van der Waals surface area contributed by atoms with Crippen LogP contribution in [0, 0.1) is 0 Å². The first-order valence-electron chi connectivity index (χ1n) is 5.63. The largest absolute Gasteiger partial charge is 0.497 e. The maximum absolute atomic E-state index is 5.88. The molecule has 0 fully saturated rings. The number of nitrogens with zero attached hydrogens (tertiary/aromatic N) is 2. The fourth-order valence-electron chi connectivity index (χ4n) is 1.51. The van der Waals surface area contributed by atoms with Crippen LogP contribution < -0.4 is 10.5 Å². The Morgan fingerprint density at radius 3 is 2.67 bits per heavy atom. The normalized spacial score (nSPS) is 11.3. The molecule has 2 rings (SSSR count). The first-order valence-corrected chi connectivity index (χ1v) is 5.63. The number of nitrogens with two attached hydrogens (primary N) is 1. The molecule has 0 saturated heterocycles. The number of rotatable bonds is 4. The third kappa shape index (κ3) is 3.07. The van der Waals surface area contributed by atoms with Crippen molar-refractivity contribution in [2.75, 3.05) is 7.11 Å². The smallest absolute Gasteiger partial charge is 0.127 e. The van der Waals surface area contributed by atoms with Gasteiger partial charge in [-0.15, -0.1) is 0 Å². The molecule has 0 aliphatic rings. The molecule has 4 nitrogen and oxygen atoms in total. The summed E-state index contributed by atoms with van der Waals surface area (Å²) in [6.45, 7) is 0.546. The summed E-state index contributed by atoms with van der Waals surface area (Å²) in [4.78, 5) is 8.34. The van der Waals surface area contributed by atoms with Gasteiger partial charge < -0.3 is 10.5 Å². The zero-order valence-electron chi connectivity index (χ0n) is 10.2. The molecule has 2 aromatic rings. The quantitative estimate of drug-likeness (QED) is 0.658. The van der Waals surface area contributed by atoms with Gasteiger partial charge in [0.15, 0.2) is 0 Å². The van der Waals surface area contributed by atoms with E-state index in [-0.39, 0.29) is 0 Å². The van der Waals surface area contributed by atoms with Gasteiger partial charge in [0.2, 0.25) is 0 Å². The van der Waals surface area contributed by atoms with Crippen LogP contribution in [-0.4, -0.2) is 17.9 Å². The topological polar surface area (TPSA) is 60.5 Å². The third-order valence-corrected chi connectivity index (χ3v) is 2.55. The number of ether oxygens (including phenoxy) is 1. The summed E-state index contributed by atoms with van der Waals surface area (Å²) < 4.78 is 5.10. The van der Waals surface area contributed by atoms with Crippen molar-refractivity contribution in [1.82, 2.24) is 4.98 Å². The SMILES string of the molecule is COc1ccc(CN=C(N)c2cccnc2)cc1. The van der Waals surface area contributed by atoms with E-state index in [2.05, 4.69) is 9.98 Å². The van der Waals surface area contributed by atoms with Gasteiger partial charge >= 0.3 is 0 Å². The summed E-state index contributed by atoms with van der Waals surface area (Å²) in [5.74, 6) is 1.34. The highest BCUT2D eigenvalue weighted by atomic mass is 16.5. The first kappa shape index (κ1) is 12.1. The molecule has 92 valence electrons. The van der Waals surface area contributed by atoms with Gasteiger partial charge in [-0.25, -0.2) is 0 Å². The lowest BCUT2D eigenvalue weighted by molar-refractivity contribution is 0.414. The Kier molecular flexibility index (Phi) is 3.91. The fraction of sp³-hybridized carbons (Fsp3) is 0.143. The summed E-state index contributed by atoms with van der Waals surface area (Å²) >= 11 is 0. The van der Waals surface area contributed by atoms with E-state index in [1.165, 1.54) is 0 Å². The minimum Gasteiger partial charge on any atom is -0.497 e. The van der Waals surface area contributed by atoms with Gasteiger partial charge in [0.25, 0.3) is 0 Å². The Bertz CT molecular complexity index is 520. The third-order valence-electron chi connectivity index (χ3n) is 2.55. The van der Waals surface area contributed by atoms with E-state index in [1.54, 1.807) is 19.5 Å². The molecule has 0 radical (unpaired) electrons. The molecular weight excluding hydrogens is 226 g/mol. The van der Waals surface area contributed by atoms with Gasteiger partial charge in [0.05, 0.1) is 13.7 Å². The average Bonchev–Trinajstić information content (AvgIpc) is 2.46. The van der Waals surface area contributed by atoms with Gasteiger partial charge in [-0.05, 0) is 29.8 Å². The molecule has 18 heavy (non-hydrogen) atoms. The molecule has 1 aromatic carbocycles. The zero-order chi connectivity index (χ0) is 12.8. The van der Waals surface area contributed by atoms with Gasteiger partial charge in [-0.2, -0.15) is 0 Å². The highest BCUT2D eigenvalue weighted by Gasteiger charge is 1.98. The molecule has 0 spiro atoms. The summed E-state index contributed by atoms with van der Waals surface area (Å²) in [6, 6.07) is 11.5. The highest BCUT2D eigenvalue weighted by molar-refractivity contribution is 5.97. The summed E-state index contributed by atoms with van der Waals surface area (Å²) in [6.07, 6.45) is 3.41. The minimum atomic E-state index is 0.499. The lowest BCUT2D eigenvalue weighted by Crippen LogP contribution is -2.13. The number of pyridine rings is 1. The predicted octanol–water partition coefficient (Wildman–Crippen LogP) is 2.00. The van der Waals surface area contributed by atoms with Crippen molar-refractivity contribution in [1.29, 1.82) is 0 Å². The van der Waals surface area contributed by atoms with E-state index in [1.807, 2.05) is 36.4 Å². The van der Waals surface area contributed by atoms with E-state index in [9.17, 15) is 0 Å². The number of methoxy groups -OCH3 is 1. The van der Waals surface area contributed by atoms with Crippen LogP contribution in [-0.2, 0) is 6.54 Å². The first-order chi connectivity index (χ1) is 8.79. The van der Waals surface area contributed by atoms with Crippen molar-refractivity contribution in [3.63, 3.8) is 0 Å². The molecule has 4 heteroatoms. The van der Waals surface area contributed by atoms with E-state index in [4.69, 9.17) is 10.5 Å². The molecule has 2 N–H and O–H groups in total. The van der Waals surface area contributed by atoms with E-state index in [0.29, 0.717) is 12.4 Å². The van der Waals surface area contributed by atoms with Gasteiger partial charge in [-0.3, -0.25) is 9.98 Å². The number of hydrogen-bond donors (Lipinski definition) is 1. The Morgan fingerprint density at radius 1 is 1.28 bits per heavy atom. The number of amidine groups is 1. The van der Waals surface area contributed by atoms with Gasteiger partial charge in [0.1, 0.15) is 11.6 Å². The molecule has 0 aliphatic carbocycles. The zero-order valence-corrected chi connectivity index (χ0v) is 10.2. The molecule has 1 aromatic heterocycles. The monoisotopic (exact) mass is 241 g/mol. The number of aliphatic imine (C=N–C) groups is 1. The van der Waals surface area contributed by atoms with Crippen LogP contribution in [0.5, 0.6) is 5.75 Å². The average molecular weight is 241 g/mol. The van der Waals surface area contributed by atoms with Crippen molar-refractivity contribution in [3.05, 3.63) is 59.9 Å². The van der Waals surface area contributed by atoms with Crippen LogP contribution in [0.1, 0.15) is 11.1 Å². The van der Waals surface area contributed by atoms with Crippen molar-refractivity contribution in [2.24, 2.45) is 10.7 Å². The summed E-state index contributed by atoms with van der Waals surface area (Å²) in [7, 11) is 1.65. The molecular formula is C14H15N3O. The second kappa shape index (κ2) is 5.82. The van der Waals surface area contributed by atoms with E-state index in [0.717, 1.165) is 16.9 Å². The fourth-order valence-corrected chi connectivity index (χ4v) is 1.51. The van der Waals surface area contributed by atoms with Crippen molar-refractivity contribution in [2.45, 2.75) is 6.54 Å². The molecule has 0 aliphatic heterocycles. The lowest BCUT2D eigenvalue weighted by Gasteiger charge is -2.02. The van der Waals surface area contributed by atoms with Crippen molar-refractivity contribution >= 4 is 5.84 Å². The molecule has 0 atom stereocenters. The number of aromatic nitrogens is 1. The standard InChI is InChI=1S/C14H15N3O/c1-18-13-6-4-11(5-7-13)9-17-14(15)12-3-2-8-16-10-12/h2-8,10H,9H2,1H3,(H2,15,17). The van der Waals surface area contributed by atoms with E-state index < -0.39 is 0 Å². The Morgan fingerprint density at radius 2 is 2.06 bits per heavy atom. The highest BCUT2D eigenvalue weighted by Crippen LogP contribution is 2.12. The van der Waals surface area contributed by atoms with Crippen LogP contribution in [0.25, 0.3) is 0 Å². The van der Waals surface area contributed by atoms with Gasteiger partial charge in [0, 0.05) is 18.0 Å². The Labute approximate surface area is 106 Å². The Hall–Kier alpha value is -2.36. The lowest BCUT2D eigenvalue weighted by atomic mass is 10.2. The van der Waals surface area contributed by atoms with Crippen LogP contribution >= 0.6 is 0 Å². The van der Waals surface area contributed by atoms with E-state index >= 15 is 0 Å². The maximum Gasteiger partial charge on any atom is 0.127 e. The molecule has 0 unspecified atom stereocenters. The van der Waals surface area contributed by atoms with Crippen LogP contribution in [0.4, 0.5) is 0 Å². The molecule has 0 bridgehead atoms. The second-order valence-electron chi connectivity index (χ2n) is 3.79. The van der Waals surface area contributed by atoms with Crippen LogP contribution in [0.15, 0.2) is 53.8 Å². The molecule has 0 saturated carbocycles. The molecule has 0 amide bonds. The second-order valence-corrected chi connectivity index (χ2v) is 3.79. The minimum absolute atomic E-state index is 0.499. The van der Waals surface area contributed by atoms with Crippen molar-refractivity contribution in [3.8, 4) is 5.75 Å². The predicted molar refractivity (Wildman–Crippen MR) is 71.7 cm³/mol. The van der Waals surface area contributed by atoms with Crippen LogP contribution in [0.2, 0.25) is 0 Å². The summed E-state index contributed by atoms with van der Waals surface area (Å²) in [5, 5.41) is 0. The van der Waals surface area contributed by atoms with Crippen LogP contribution in [0.3, 0.4) is 0 Å². The number of benzene rings is 1. The summed E-state index contributed by atoms with van der Waals surface area (Å²) in [5.41, 5.74) is 7.81. The Balaban J connectivity index is 2.05.